The second-order valence-electron chi connectivity index (χ2n) is 6.14. The van der Waals surface area contributed by atoms with Gasteiger partial charge >= 0.3 is 11.6 Å². The highest BCUT2D eigenvalue weighted by Gasteiger charge is 2.19. The Labute approximate surface area is 164 Å². The molecule has 0 atom stereocenters. The maximum Gasteiger partial charge on any atom is 0.347 e. The number of rotatable bonds is 3. The number of hydrogen-bond acceptors (Lipinski definition) is 5. The van der Waals surface area contributed by atoms with Crippen LogP contribution in [-0.2, 0) is 9.53 Å². The van der Waals surface area contributed by atoms with E-state index in [1.165, 1.54) is 13.2 Å². The zero-order chi connectivity index (χ0) is 19.8. The quantitative estimate of drug-likeness (QED) is 0.294. The largest absolute Gasteiger partial charge is 0.466 e. The lowest BCUT2D eigenvalue weighted by Crippen LogP contribution is -2.03. The van der Waals surface area contributed by atoms with Crippen LogP contribution in [-0.4, -0.2) is 22.9 Å². The van der Waals surface area contributed by atoms with Crippen LogP contribution in [0.2, 0.25) is 5.02 Å². The molecule has 7 heteroatoms. The average Bonchev–Trinajstić information content (AvgIpc) is 3.04. The molecule has 0 bridgehead atoms. The van der Waals surface area contributed by atoms with Crippen LogP contribution in [0.3, 0.4) is 0 Å². The fraction of sp³-hybridized carbons (Fsp3) is 0.0952. The molecule has 0 amide bonds. The van der Waals surface area contributed by atoms with Gasteiger partial charge in [0.1, 0.15) is 11.0 Å². The minimum Gasteiger partial charge on any atom is -0.466 e. The first kappa shape index (κ1) is 18.0. The highest BCUT2D eigenvalue weighted by Crippen LogP contribution is 2.31. The molecule has 140 valence electrons. The highest BCUT2D eigenvalue weighted by atomic mass is 35.5. The van der Waals surface area contributed by atoms with Crippen LogP contribution >= 0.6 is 11.6 Å². The van der Waals surface area contributed by atoms with Crippen LogP contribution in [0.25, 0.3) is 33.6 Å². The molecule has 2 aromatic heterocycles. The standard InChI is InChI=1S/C21H15ClN2O4/c1-12-19-20(14-6-3-4-9-17(14)28-21(19)26)24(23-12)16-8-5-7-15(22)13(16)10-11-18(25)27-2/h3-11H,1-2H3/b11-10+. The fourth-order valence-electron chi connectivity index (χ4n) is 3.19. The lowest BCUT2D eigenvalue weighted by Gasteiger charge is -2.10. The first-order valence-corrected chi connectivity index (χ1v) is 8.85. The molecule has 0 saturated heterocycles. The van der Waals surface area contributed by atoms with Crippen LogP contribution in [0, 0.1) is 6.92 Å². The Hall–Kier alpha value is -3.38. The van der Waals surface area contributed by atoms with Gasteiger partial charge in [0.2, 0.25) is 0 Å². The summed E-state index contributed by atoms with van der Waals surface area (Å²) in [6.07, 6.45) is 2.86. The van der Waals surface area contributed by atoms with E-state index in [0.717, 1.165) is 5.39 Å². The van der Waals surface area contributed by atoms with Crippen molar-refractivity contribution in [1.82, 2.24) is 9.78 Å². The minimum absolute atomic E-state index is 0.404. The van der Waals surface area contributed by atoms with Crippen LogP contribution in [0.1, 0.15) is 11.3 Å². The average molecular weight is 395 g/mol. The van der Waals surface area contributed by atoms with Crippen LogP contribution < -0.4 is 5.63 Å². The molecule has 2 heterocycles. The van der Waals surface area contributed by atoms with E-state index in [4.69, 9.17) is 16.0 Å². The maximum atomic E-state index is 12.5. The molecule has 0 spiro atoms. The predicted octanol–water partition coefficient (Wildman–Crippen LogP) is 4.28. The summed E-state index contributed by atoms with van der Waals surface area (Å²) in [5, 5.41) is 6.16. The van der Waals surface area contributed by atoms with Gasteiger partial charge in [0.05, 0.1) is 24.0 Å². The predicted molar refractivity (Wildman–Crippen MR) is 108 cm³/mol. The van der Waals surface area contributed by atoms with Crippen molar-refractivity contribution in [3.8, 4) is 5.69 Å². The number of carbonyl (C=O) groups excluding carboxylic acids is 1. The van der Waals surface area contributed by atoms with Gasteiger partial charge in [-0.2, -0.15) is 5.10 Å². The molecule has 2 aromatic carbocycles. The Morgan fingerprint density at radius 2 is 2.00 bits per heavy atom. The third-order valence-electron chi connectivity index (χ3n) is 4.45. The van der Waals surface area contributed by atoms with Crippen molar-refractivity contribution < 1.29 is 13.9 Å². The lowest BCUT2D eigenvalue weighted by molar-refractivity contribution is -0.134. The molecule has 0 aliphatic carbocycles. The normalized spacial score (nSPS) is 11.5. The van der Waals surface area contributed by atoms with Crippen molar-refractivity contribution in [1.29, 1.82) is 0 Å². The number of esters is 1. The molecule has 0 unspecified atom stereocenters. The summed E-state index contributed by atoms with van der Waals surface area (Å²) in [4.78, 5) is 24.1. The summed E-state index contributed by atoms with van der Waals surface area (Å²) in [5.74, 6) is -0.501. The summed E-state index contributed by atoms with van der Waals surface area (Å²) in [7, 11) is 1.30. The van der Waals surface area contributed by atoms with E-state index in [-0.39, 0.29) is 0 Å². The van der Waals surface area contributed by atoms with Crippen molar-refractivity contribution in [3.63, 3.8) is 0 Å². The lowest BCUT2D eigenvalue weighted by atomic mass is 10.1. The zero-order valence-corrected chi connectivity index (χ0v) is 15.9. The Bertz CT molecular complexity index is 1320. The Kier molecular flexibility index (Phi) is 4.49. The second kappa shape index (κ2) is 6.98. The summed E-state index contributed by atoms with van der Waals surface area (Å²) in [5.41, 5.74) is 2.38. The first-order chi connectivity index (χ1) is 13.5. The second-order valence-corrected chi connectivity index (χ2v) is 6.54. The molecule has 0 saturated carbocycles. The molecule has 0 aliphatic heterocycles. The number of methoxy groups -OCH3 is 1. The molecule has 0 aliphatic rings. The molecule has 28 heavy (non-hydrogen) atoms. The number of benzene rings is 2. The van der Waals surface area contributed by atoms with Crippen molar-refractivity contribution in [2.24, 2.45) is 0 Å². The van der Waals surface area contributed by atoms with E-state index in [0.29, 0.717) is 38.5 Å². The summed E-state index contributed by atoms with van der Waals surface area (Å²) < 4.78 is 11.8. The third kappa shape index (κ3) is 2.88. The topological polar surface area (TPSA) is 74.3 Å². The Morgan fingerprint density at radius 3 is 2.79 bits per heavy atom. The van der Waals surface area contributed by atoms with Gasteiger partial charge in [0.25, 0.3) is 0 Å². The van der Waals surface area contributed by atoms with Crippen LogP contribution in [0.5, 0.6) is 0 Å². The Balaban J connectivity index is 2.09. The van der Waals surface area contributed by atoms with Crippen LogP contribution in [0.15, 0.2) is 57.8 Å². The van der Waals surface area contributed by atoms with Gasteiger partial charge in [-0.1, -0.05) is 29.8 Å². The van der Waals surface area contributed by atoms with E-state index in [2.05, 4.69) is 9.84 Å². The van der Waals surface area contributed by atoms with Crippen molar-refractivity contribution >= 4 is 45.5 Å². The molecular weight excluding hydrogens is 380 g/mol. The number of aryl methyl sites for hydroxylation is 1. The number of para-hydroxylation sites is 1. The van der Waals surface area contributed by atoms with E-state index in [1.807, 2.05) is 18.2 Å². The number of halogens is 1. The summed E-state index contributed by atoms with van der Waals surface area (Å²) in [6, 6.07) is 12.6. The van der Waals surface area contributed by atoms with E-state index >= 15 is 0 Å². The molecule has 0 radical (unpaired) electrons. The molecule has 4 rings (SSSR count). The number of carbonyl (C=O) groups is 1. The van der Waals surface area contributed by atoms with Gasteiger partial charge in [0.15, 0.2) is 0 Å². The monoisotopic (exact) mass is 394 g/mol. The van der Waals surface area contributed by atoms with Gasteiger partial charge < -0.3 is 9.15 Å². The molecule has 6 nitrogen and oxygen atoms in total. The number of aromatic nitrogens is 2. The van der Waals surface area contributed by atoms with Crippen molar-refractivity contribution in [3.05, 3.63) is 75.2 Å². The molecule has 0 N–H and O–H groups in total. The third-order valence-corrected chi connectivity index (χ3v) is 4.78. The summed E-state index contributed by atoms with van der Waals surface area (Å²) >= 11 is 6.39. The highest BCUT2D eigenvalue weighted by molar-refractivity contribution is 6.32. The maximum absolute atomic E-state index is 12.5. The summed E-state index contributed by atoms with van der Waals surface area (Å²) in [6.45, 7) is 1.75. The number of ether oxygens (including phenoxy) is 1. The van der Waals surface area contributed by atoms with Crippen molar-refractivity contribution in [2.75, 3.05) is 7.11 Å². The molecule has 4 aromatic rings. The Morgan fingerprint density at radius 1 is 1.21 bits per heavy atom. The van der Waals surface area contributed by atoms with Gasteiger partial charge in [-0.05, 0) is 37.3 Å². The van der Waals surface area contributed by atoms with Gasteiger partial charge in [-0.15, -0.1) is 0 Å². The smallest absolute Gasteiger partial charge is 0.347 e. The van der Waals surface area contributed by atoms with E-state index < -0.39 is 11.6 Å². The minimum atomic E-state index is -0.501. The van der Waals surface area contributed by atoms with E-state index in [1.54, 1.807) is 41.9 Å². The number of hydrogen-bond donors (Lipinski definition) is 0. The SMILES string of the molecule is COC(=O)/C=C/c1c(Cl)cccc1-n1nc(C)c2c(=O)oc3ccccc3c21. The number of fused-ring (bicyclic) bond motifs is 3. The number of nitrogens with zero attached hydrogens (tertiary/aromatic N) is 2. The van der Waals surface area contributed by atoms with Gasteiger partial charge in [0, 0.05) is 22.0 Å². The molecular formula is C21H15ClN2O4. The zero-order valence-electron chi connectivity index (χ0n) is 15.1. The molecule has 0 fully saturated rings. The van der Waals surface area contributed by atoms with Crippen molar-refractivity contribution in [2.45, 2.75) is 6.92 Å². The van der Waals surface area contributed by atoms with Gasteiger partial charge in [-0.3, -0.25) is 0 Å². The fourth-order valence-corrected chi connectivity index (χ4v) is 3.42. The van der Waals surface area contributed by atoms with Crippen LogP contribution in [0.4, 0.5) is 0 Å². The van der Waals surface area contributed by atoms with E-state index in [9.17, 15) is 9.59 Å². The van der Waals surface area contributed by atoms with Gasteiger partial charge in [-0.25, -0.2) is 14.3 Å². The first-order valence-electron chi connectivity index (χ1n) is 8.47.